The first-order valence-corrected chi connectivity index (χ1v) is 4.52. The van der Waals surface area contributed by atoms with E-state index in [1.807, 2.05) is 0 Å². The number of halogens is 2. The van der Waals surface area contributed by atoms with E-state index in [9.17, 15) is 10.0 Å². The molecule has 0 aromatic carbocycles. The minimum Gasteiger partial charge on any atom is -0.632 e. The summed E-state index contributed by atoms with van der Waals surface area (Å²) in [6, 6.07) is 0. The molecule has 0 aliphatic rings. The number of carbonyl (C=O) groups is 1. The smallest absolute Gasteiger partial charge is 0.359 e. The lowest BCUT2D eigenvalue weighted by Gasteiger charge is -2.40. The molecule has 0 spiro atoms. The molecule has 0 unspecified atom stereocenters. The van der Waals surface area contributed by atoms with Crippen molar-refractivity contribution in [3.05, 3.63) is 5.21 Å². The minimum absolute atomic E-state index is 0.0839. The Morgan fingerprint density at radius 3 is 2.00 bits per heavy atom. The van der Waals surface area contributed by atoms with E-state index in [1.54, 1.807) is 0 Å². The van der Waals surface area contributed by atoms with Crippen LogP contribution in [-0.4, -0.2) is 47.1 Å². The van der Waals surface area contributed by atoms with Crippen molar-refractivity contribution in [2.75, 3.05) is 31.4 Å². The molecule has 0 aliphatic carbocycles. The van der Waals surface area contributed by atoms with Gasteiger partial charge < -0.3 is 15.0 Å². The van der Waals surface area contributed by atoms with Crippen molar-refractivity contribution in [1.82, 2.24) is 0 Å². The Bertz CT molecular complexity index is 148. The molecule has 4 nitrogen and oxygen atoms in total. The number of carboxylic acids is 1. The number of rotatable bonds is 6. The number of hydroxylamine groups is 3. The van der Waals surface area contributed by atoms with Crippen LogP contribution in [-0.2, 0) is 4.79 Å². The van der Waals surface area contributed by atoms with E-state index in [2.05, 4.69) is 0 Å². The van der Waals surface area contributed by atoms with Crippen LogP contribution in [0, 0.1) is 5.21 Å². The number of quaternary nitrogens is 1. The molecular weight excluding hydrogens is 205 g/mol. The molecule has 0 rings (SSSR count). The van der Waals surface area contributed by atoms with Crippen LogP contribution < -0.4 is 0 Å². The Hall–Kier alpha value is -0.0300. The van der Waals surface area contributed by atoms with Crippen LogP contribution in [0.15, 0.2) is 0 Å². The lowest BCUT2D eigenvalue weighted by molar-refractivity contribution is -0.868. The zero-order chi connectivity index (χ0) is 9.61. The summed E-state index contributed by atoms with van der Waals surface area (Å²) in [7, 11) is 0. The van der Waals surface area contributed by atoms with Crippen molar-refractivity contribution >= 4 is 29.2 Å². The molecule has 0 fully saturated rings. The fourth-order valence-corrected chi connectivity index (χ4v) is 1.44. The summed E-state index contributed by atoms with van der Waals surface area (Å²) in [5.41, 5.74) is 0. The van der Waals surface area contributed by atoms with Crippen LogP contribution in [0.5, 0.6) is 0 Å². The lowest BCUT2D eigenvalue weighted by atomic mass is 10.4. The third-order valence-corrected chi connectivity index (χ3v) is 1.75. The quantitative estimate of drug-likeness (QED) is 0.407. The van der Waals surface area contributed by atoms with Gasteiger partial charge in [0.2, 0.25) is 0 Å². The third-order valence-electron chi connectivity index (χ3n) is 1.41. The summed E-state index contributed by atoms with van der Waals surface area (Å²) in [6.45, 7) is -0.305. The van der Waals surface area contributed by atoms with E-state index in [0.717, 1.165) is 0 Å². The van der Waals surface area contributed by atoms with Gasteiger partial charge in [0, 0.05) is 0 Å². The van der Waals surface area contributed by atoms with Crippen LogP contribution in [0.3, 0.4) is 0 Å². The Balaban J connectivity index is 4.07. The average Bonchev–Trinajstić information content (AvgIpc) is 1.85. The van der Waals surface area contributed by atoms with Gasteiger partial charge in [-0.25, -0.2) is 4.79 Å². The number of hydrogen-bond donors (Lipinski definition) is 1. The molecule has 0 bridgehead atoms. The fraction of sp³-hybridized carbons (Fsp3) is 0.833. The molecule has 72 valence electrons. The molecule has 12 heavy (non-hydrogen) atoms. The van der Waals surface area contributed by atoms with Crippen molar-refractivity contribution in [3.63, 3.8) is 0 Å². The van der Waals surface area contributed by atoms with E-state index in [4.69, 9.17) is 28.3 Å². The highest BCUT2D eigenvalue weighted by atomic mass is 35.5. The maximum Gasteiger partial charge on any atom is 0.359 e. The summed E-state index contributed by atoms with van der Waals surface area (Å²) in [5.74, 6) is -0.832. The zero-order valence-electron chi connectivity index (χ0n) is 6.50. The Kier molecular flexibility index (Phi) is 5.57. The van der Waals surface area contributed by atoms with Crippen molar-refractivity contribution < 1.29 is 14.5 Å². The van der Waals surface area contributed by atoms with E-state index < -0.39 is 17.2 Å². The molecule has 0 aromatic rings. The monoisotopic (exact) mass is 215 g/mol. The molecule has 0 aromatic heterocycles. The summed E-state index contributed by atoms with van der Waals surface area (Å²) in [4.78, 5) is 10.3. The lowest BCUT2D eigenvalue weighted by Crippen LogP contribution is -2.48. The highest BCUT2D eigenvalue weighted by molar-refractivity contribution is 6.18. The highest BCUT2D eigenvalue weighted by Gasteiger charge is 2.19. The molecule has 0 atom stereocenters. The minimum atomic E-state index is -1.12. The average molecular weight is 216 g/mol. The molecule has 0 radical (unpaired) electrons. The Labute approximate surface area is 80.8 Å². The van der Waals surface area contributed by atoms with Gasteiger partial charge in [-0.3, -0.25) is 0 Å². The van der Waals surface area contributed by atoms with Gasteiger partial charge in [-0.2, -0.15) is 0 Å². The van der Waals surface area contributed by atoms with Gasteiger partial charge in [0.15, 0.2) is 6.54 Å². The van der Waals surface area contributed by atoms with Gasteiger partial charge >= 0.3 is 5.97 Å². The summed E-state index contributed by atoms with van der Waals surface area (Å²) in [6.07, 6.45) is 0. The van der Waals surface area contributed by atoms with Gasteiger partial charge in [0.05, 0.1) is 24.8 Å². The highest BCUT2D eigenvalue weighted by Crippen LogP contribution is 2.04. The second-order valence-corrected chi connectivity index (χ2v) is 3.19. The summed E-state index contributed by atoms with van der Waals surface area (Å²) >= 11 is 10.7. The maximum absolute atomic E-state index is 11.5. The van der Waals surface area contributed by atoms with Crippen molar-refractivity contribution in [1.29, 1.82) is 0 Å². The topological polar surface area (TPSA) is 60.4 Å². The van der Waals surface area contributed by atoms with Gasteiger partial charge in [-0.05, 0) is 0 Å². The number of aliphatic carboxylic acids is 1. The standard InChI is InChI=1S/C6H11Cl2NO3/c7-1-3-9(12,4-2-8)5-6(10)11/h1-5H2,(H,10,11). The third kappa shape index (κ3) is 4.77. The van der Waals surface area contributed by atoms with Crippen LogP contribution in [0.2, 0.25) is 0 Å². The normalized spacial score (nSPS) is 11.6. The van der Waals surface area contributed by atoms with E-state index in [0.29, 0.717) is 0 Å². The van der Waals surface area contributed by atoms with E-state index in [1.165, 1.54) is 0 Å². The van der Waals surface area contributed by atoms with Crippen LogP contribution in [0.25, 0.3) is 0 Å². The number of alkyl halides is 2. The van der Waals surface area contributed by atoms with Crippen LogP contribution in [0.4, 0.5) is 0 Å². The second kappa shape index (κ2) is 5.59. The second-order valence-electron chi connectivity index (χ2n) is 2.44. The molecular formula is C6H11Cl2NO3. The van der Waals surface area contributed by atoms with Crippen molar-refractivity contribution in [3.8, 4) is 0 Å². The van der Waals surface area contributed by atoms with Gasteiger partial charge in [0.25, 0.3) is 0 Å². The van der Waals surface area contributed by atoms with Gasteiger partial charge in [0.1, 0.15) is 0 Å². The SMILES string of the molecule is O=C(O)C[N+]([O-])(CCCl)CCCl. The Morgan fingerprint density at radius 1 is 1.33 bits per heavy atom. The number of hydrogen-bond acceptors (Lipinski definition) is 2. The zero-order valence-corrected chi connectivity index (χ0v) is 8.01. The molecule has 0 aliphatic heterocycles. The van der Waals surface area contributed by atoms with Gasteiger partial charge in [-0.1, -0.05) is 0 Å². The van der Waals surface area contributed by atoms with Crippen molar-refractivity contribution in [2.24, 2.45) is 0 Å². The first kappa shape index (κ1) is 12.0. The number of carboxylic acid groups (broad SMARTS) is 1. The maximum atomic E-state index is 11.5. The molecule has 0 saturated heterocycles. The summed E-state index contributed by atoms with van der Waals surface area (Å²) < 4.78 is -0.845. The first-order valence-electron chi connectivity index (χ1n) is 3.45. The molecule has 6 heteroatoms. The first-order chi connectivity index (χ1) is 5.54. The largest absolute Gasteiger partial charge is 0.632 e. The van der Waals surface area contributed by atoms with Crippen LogP contribution in [0.1, 0.15) is 0 Å². The van der Waals surface area contributed by atoms with E-state index >= 15 is 0 Å². The Morgan fingerprint density at radius 2 is 1.75 bits per heavy atom. The van der Waals surface area contributed by atoms with E-state index in [-0.39, 0.29) is 24.8 Å². The molecule has 0 amide bonds. The van der Waals surface area contributed by atoms with Crippen molar-refractivity contribution in [2.45, 2.75) is 0 Å². The molecule has 0 heterocycles. The predicted octanol–water partition coefficient (Wildman–Crippen LogP) is 0.863. The molecule has 0 saturated carbocycles. The predicted molar refractivity (Wildman–Crippen MR) is 47.3 cm³/mol. The summed E-state index contributed by atoms with van der Waals surface area (Å²) in [5, 5.41) is 19.9. The fourth-order valence-electron chi connectivity index (χ4n) is 0.824. The van der Waals surface area contributed by atoms with Crippen LogP contribution >= 0.6 is 23.2 Å². The number of nitrogens with zero attached hydrogens (tertiary/aromatic N) is 1. The molecule has 1 N–H and O–H groups in total. The van der Waals surface area contributed by atoms with Gasteiger partial charge in [-0.15, -0.1) is 23.2 Å².